The first-order chi connectivity index (χ1) is 14.4. The lowest BCUT2D eigenvalue weighted by molar-refractivity contribution is -0.122. The number of hydrogen-bond acceptors (Lipinski definition) is 5. The summed E-state index contributed by atoms with van der Waals surface area (Å²) in [6, 6.07) is 11.8. The average Bonchev–Trinajstić information content (AvgIpc) is 3.17. The minimum atomic E-state index is -0.833. The van der Waals surface area contributed by atoms with Gasteiger partial charge >= 0.3 is 0 Å². The second-order valence-electron chi connectivity index (χ2n) is 6.36. The van der Waals surface area contributed by atoms with Crippen LogP contribution >= 0.6 is 34.8 Å². The molecule has 0 saturated heterocycles. The number of rotatable bonds is 5. The third-order valence-electron chi connectivity index (χ3n) is 4.23. The number of amides is 1. The summed E-state index contributed by atoms with van der Waals surface area (Å²) in [5.74, 6) is 0.336. The van der Waals surface area contributed by atoms with Gasteiger partial charge in [-0.2, -0.15) is 0 Å². The van der Waals surface area contributed by atoms with E-state index < -0.39 is 6.10 Å². The first-order valence-corrected chi connectivity index (χ1v) is 9.98. The minimum Gasteiger partial charge on any atom is -0.479 e. The van der Waals surface area contributed by atoms with Gasteiger partial charge in [0.25, 0.3) is 5.91 Å². The summed E-state index contributed by atoms with van der Waals surface area (Å²) in [4.78, 5) is 21.0. The highest BCUT2D eigenvalue weighted by molar-refractivity contribution is 6.42. The maximum atomic E-state index is 12.6. The number of carbonyl (C=O) groups is 1. The molecule has 2 aromatic carbocycles. The fourth-order valence-electron chi connectivity index (χ4n) is 2.74. The van der Waals surface area contributed by atoms with Gasteiger partial charge in [-0.1, -0.05) is 40.9 Å². The van der Waals surface area contributed by atoms with Crippen LogP contribution in [0.1, 0.15) is 6.92 Å². The number of carbonyl (C=O) groups excluding carboxylic acids is 1. The Morgan fingerprint density at radius 2 is 1.87 bits per heavy atom. The van der Waals surface area contributed by atoms with Crippen LogP contribution in [-0.2, 0) is 4.79 Å². The number of ether oxygens (including phenoxy) is 1. The summed E-state index contributed by atoms with van der Waals surface area (Å²) in [5.41, 5.74) is 2.16. The predicted octanol–water partition coefficient (Wildman–Crippen LogP) is 6.26. The monoisotopic (exact) mass is 461 g/mol. The lowest BCUT2D eigenvalue weighted by Crippen LogP contribution is -2.30. The second-order valence-corrected chi connectivity index (χ2v) is 7.55. The number of benzene rings is 2. The van der Waals surface area contributed by atoms with Crippen molar-refractivity contribution in [2.24, 2.45) is 0 Å². The molecule has 0 saturated carbocycles. The van der Waals surface area contributed by atoms with Crippen molar-refractivity contribution in [3.63, 3.8) is 0 Å². The lowest BCUT2D eigenvalue weighted by atomic mass is 10.2. The third-order valence-corrected chi connectivity index (χ3v) is 5.31. The molecule has 0 aliphatic carbocycles. The molecule has 2 aromatic heterocycles. The first kappa shape index (κ1) is 20.5. The summed E-state index contributed by atoms with van der Waals surface area (Å²) in [6.07, 6.45) is 2.45. The molecule has 6 nitrogen and oxygen atoms in total. The van der Waals surface area contributed by atoms with E-state index in [1.807, 2.05) is 0 Å². The van der Waals surface area contributed by atoms with Gasteiger partial charge in [0.1, 0.15) is 16.3 Å². The van der Waals surface area contributed by atoms with Crippen LogP contribution in [0.4, 0.5) is 5.69 Å². The van der Waals surface area contributed by atoms with E-state index in [1.54, 1.807) is 61.8 Å². The molecular formula is C21H14Cl3N3O3. The highest BCUT2D eigenvalue weighted by Gasteiger charge is 2.19. The maximum absolute atomic E-state index is 12.6. The molecule has 1 N–H and O–H groups in total. The Labute approximate surface area is 186 Å². The van der Waals surface area contributed by atoms with Gasteiger partial charge in [0.15, 0.2) is 11.7 Å². The Morgan fingerprint density at radius 1 is 1.10 bits per heavy atom. The molecule has 0 unspecified atom stereocenters. The third kappa shape index (κ3) is 4.21. The number of nitrogens with one attached hydrogen (secondary N) is 1. The number of aromatic nitrogens is 2. The van der Waals surface area contributed by atoms with E-state index in [2.05, 4.69) is 15.3 Å². The number of anilines is 1. The molecule has 9 heteroatoms. The highest BCUT2D eigenvalue weighted by Crippen LogP contribution is 2.33. The molecule has 0 aliphatic rings. The molecule has 1 atom stereocenters. The van der Waals surface area contributed by atoms with Gasteiger partial charge in [0, 0.05) is 23.6 Å². The number of nitrogens with zero attached hydrogens (tertiary/aromatic N) is 2. The molecule has 0 fully saturated rings. The molecule has 0 bridgehead atoms. The van der Waals surface area contributed by atoms with Gasteiger partial charge in [-0.3, -0.25) is 9.78 Å². The average molecular weight is 463 g/mol. The Balaban J connectivity index is 1.54. The van der Waals surface area contributed by atoms with E-state index in [0.29, 0.717) is 38.5 Å². The zero-order valence-corrected chi connectivity index (χ0v) is 17.8. The summed E-state index contributed by atoms with van der Waals surface area (Å²) in [6.45, 7) is 1.60. The van der Waals surface area contributed by atoms with E-state index >= 15 is 0 Å². The summed E-state index contributed by atoms with van der Waals surface area (Å²) in [7, 11) is 0. The van der Waals surface area contributed by atoms with Crippen LogP contribution in [0.5, 0.6) is 5.75 Å². The number of halogens is 3. The SMILES string of the molecule is C[C@@H](Oc1cccc(Cl)c1Cl)C(=O)Nc1cc(Cl)c2oc(-c3ccncc3)nc2c1. The van der Waals surface area contributed by atoms with Crippen molar-refractivity contribution in [3.8, 4) is 17.2 Å². The van der Waals surface area contributed by atoms with Crippen molar-refractivity contribution in [3.05, 3.63) is 69.9 Å². The van der Waals surface area contributed by atoms with Crippen molar-refractivity contribution >= 4 is 57.5 Å². The van der Waals surface area contributed by atoms with Crippen LogP contribution in [0.15, 0.2) is 59.3 Å². The molecule has 4 aromatic rings. The van der Waals surface area contributed by atoms with E-state index in [0.717, 1.165) is 5.56 Å². The molecule has 0 aliphatic heterocycles. The van der Waals surface area contributed by atoms with E-state index in [1.165, 1.54) is 0 Å². The molecule has 0 radical (unpaired) electrons. The Morgan fingerprint density at radius 3 is 2.63 bits per heavy atom. The normalized spacial score (nSPS) is 12.0. The smallest absolute Gasteiger partial charge is 0.265 e. The van der Waals surface area contributed by atoms with E-state index in [-0.39, 0.29) is 10.9 Å². The highest BCUT2D eigenvalue weighted by atomic mass is 35.5. The lowest BCUT2D eigenvalue weighted by Gasteiger charge is -2.16. The number of fused-ring (bicyclic) bond motifs is 1. The number of pyridine rings is 1. The molecule has 152 valence electrons. The molecule has 1 amide bonds. The molecule has 30 heavy (non-hydrogen) atoms. The van der Waals surface area contributed by atoms with Crippen LogP contribution in [0, 0.1) is 0 Å². The zero-order valence-electron chi connectivity index (χ0n) is 15.5. The number of hydrogen-bond donors (Lipinski definition) is 1. The van der Waals surface area contributed by atoms with E-state index in [9.17, 15) is 4.79 Å². The summed E-state index contributed by atoms with van der Waals surface area (Å²) in [5, 5.41) is 3.67. The van der Waals surface area contributed by atoms with Crippen molar-refractivity contribution in [2.45, 2.75) is 13.0 Å². The largest absolute Gasteiger partial charge is 0.479 e. The first-order valence-electron chi connectivity index (χ1n) is 8.84. The standard InChI is InChI=1S/C21H14Cl3N3O3/c1-11(29-17-4-2-3-14(22)18(17)24)20(28)26-13-9-15(23)19-16(10-13)27-21(30-19)12-5-7-25-8-6-12/h2-11H,1H3,(H,26,28)/t11-/m1/s1. The number of oxazole rings is 1. The maximum Gasteiger partial charge on any atom is 0.265 e. The van der Waals surface area contributed by atoms with Gasteiger partial charge in [-0.15, -0.1) is 0 Å². The predicted molar refractivity (Wildman–Crippen MR) is 117 cm³/mol. The summed E-state index contributed by atoms with van der Waals surface area (Å²) >= 11 is 18.4. The summed E-state index contributed by atoms with van der Waals surface area (Å²) < 4.78 is 11.4. The van der Waals surface area contributed by atoms with Crippen molar-refractivity contribution in [1.82, 2.24) is 9.97 Å². The second kappa shape index (κ2) is 8.52. The van der Waals surface area contributed by atoms with Crippen LogP contribution in [0.2, 0.25) is 15.1 Å². The fraction of sp³-hybridized carbons (Fsp3) is 0.0952. The molecule has 4 rings (SSSR count). The van der Waals surface area contributed by atoms with Crippen LogP contribution < -0.4 is 10.1 Å². The Bertz CT molecular complexity index is 1230. The van der Waals surface area contributed by atoms with Crippen molar-refractivity contribution in [2.75, 3.05) is 5.32 Å². The Hall–Kier alpha value is -2.80. The van der Waals surface area contributed by atoms with Gasteiger partial charge in [0.2, 0.25) is 5.89 Å². The van der Waals surface area contributed by atoms with Gasteiger partial charge in [-0.05, 0) is 43.3 Å². The van der Waals surface area contributed by atoms with Crippen LogP contribution in [0.3, 0.4) is 0 Å². The van der Waals surface area contributed by atoms with Gasteiger partial charge in [0.05, 0.1) is 10.0 Å². The minimum absolute atomic E-state index is 0.245. The molecular weight excluding hydrogens is 449 g/mol. The van der Waals surface area contributed by atoms with Gasteiger partial charge in [-0.25, -0.2) is 4.98 Å². The quantitative estimate of drug-likeness (QED) is 0.379. The van der Waals surface area contributed by atoms with Crippen molar-refractivity contribution < 1.29 is 13.9 Å². The zero-order chi connectivity index (χ0) is 21.3. The fourth-order valence-corrected chi connectivity index (χ4v) is 3.33. The molecule has 2 heterocycles. The van der Waals surface area contributed by atoms with Crippen molar-refractivity contribution in [1.29, 1.82) is 0 Å². The Kier molecular flexibility index (Phi) is 5.81. The van der Waals surface area contributed by atoms with Crippen LogP contribution in [-0.4, -0.2) is 22.0 Å². The topological polar surface area (TPSA) is 77.2 Å². The van der Waals surface area contributed by atoms with Crippen LogP contribution in [0.25, 0.3) is 22.6 Å². The van der Waals surface area contributed by atoms with E-state index in [4.69, 9.17) is 44.0 Å². The molecule has 0 spiro atoms. The van der Waals surface area contributed by atoms with Gasteiger partial charge < -0.3 is 14.5 Å².